The van der Waals surface area contributed by atoms with Gasteiger partial charge in [-0.2, -0.15) is 0 Å². The Hall–Kier alpha value is -1.77. The fraction of sp³-hybridized carbons (Fsp3) is 0.100. The molecule has 0 N–H and O–H groups in total. The highest BCUT2D eigenvalue weighted by molar-refractivity contribution is 6.03. The first kappa shape index (κ1) is 9.32. The Morgan fingerprint density at radius 2 is 2.08 bits per heavy atom. The van der Waals surface area contributed by atoms with E-state index in [1.807, 2.05) is 0 Å². The summed E-state index contributed by atoms with van der Waals surface area (Å²) in [6.45, 7) is 4.74. The summed E-state index contributed by atoms with van der Waals surface area (Å²) in [5, 5.41) is 0. The van der Waals surface area contributed by atoms with Crippen LogP contribution in [0.15, 0.2) is 30.9 Å². The fourth-order valence-corrected chi connectivity index (χ4v) is 0.873. The summed E-state index contributed by atoms with van der Waals surface area (Å²) in [6, 6.07) is 4.75. The number of hydrogen-bond donors (Lipinski definition) is 0. The Kier molecular flexibility index (Phi) is 2.69. The maximum absolute atomic E-state index is 11.1. The van der Waals surface area contributed by atoms with Gasteiger partial charge in [0.1, 0.15) is 11.4 Å². The van der Waals surface area contributed by atoms with Crippen molar-refractivity contribution in [1.29, 1.82) is 0 Å². The standard InChI is InChI=1S/C10H9NO2.H2/c1-3-10(13)9-6-4-5-8(11-9)7(2)12;/h3-6H,1H2,2H3;1H. The van der Waals surface area contributed by atoms with Gasteiger partial charge in [0.25, 0.3) is 0 Å². The summed E-state index contributed by atoms with van der Waals surface area (Å²) >= 11 is 0. The van der Waals surface area contributed by atoms with Crippen molar-refractivity contribution in [1.82, 2.24) is 4.98 Å². The van der Waals surface area contributed by atoms with E-state index in [0.29, 0.717) is 5.69 Å². The number of ketones is 2. The van der Waals surface area contributed by atoms with E-state index >= 15 is 0 Å². The van der Waals surface area contributed by atoms with Gasteiger partial charge in [-0.15, -0.1) is 0 Å². The molecule has 0 amide bonds. The minimum atomic E-state index is -0.275. The smallest absolute Gasteiger partial charge is 0.203 e. The van der Waals surface area contributed by atoms with Crippen LogP contribution in [-0.2, 0) is 0 Å². The molecule has 0 aliphatic rings. The average Bonchev–Trinajstić information content (AvgIpc) is 2.17. The SMILES string of the molecule is C=CC(=O)c1cccc(C(C)=O)n1.[HH]. The monoisotopic (exact) mass is 177 g/mol. The number of nitrogens with zero attached hydrogens (tertiary/aromatic N) is 1. The minimum absolute atomic E-state index is 0. The van der Waals surface area contributed by atoms with Crippen LogP contribution in [0, 0.1) is 0 Å². The van der Waals surface area contributed by atoms with Gasteiger partial charge in [-0.3, -0.25) is 9.59 Å². The van der Waals surface area contributed by atoms with E-state index in [-0.39, 0.29) is 18.7 Å². The lowest BCUT2D eigenvalue weighted by Crippen LogP contribution is -2.03. The van der Waals surface area contributed by atoms with Gasteiger partial charge in [-0.05, 0) is 18.2 Å². The van der Waals surface area contributed by atoms with Gasteiger partial charge >= 0.3 is 0 Å². The van der Waals surface area contributed by atoms with Gasteiger partial charge in [-0.25, -0.2) is 4.98 Å². The summed E-state index contributed by atoms with van der Waals surface area (Å²) in [7, 11) is 0. The second kappa shape index (κ2) is 3.76. The second-order valence-electron chi connectivity index (χ2n) is 2.53. The molecular formula is C10H11NO2. The molecule has 0 aliphatic carbocycles. The Morgan fingerprint density at radius 3 is 2.62 bits per heavy atom. The molecule has 68 valence electrons. The Balaban J connectivity index is 0.00000169. The van der Waals surface area contributed by atoms with E-state index in [1.54, 1.807) is 18.2 Å². The molecule has 0 unspecified atom stereocenters. The van der Waals surface area contributed by atoms with Gasteiger partial charge < -0.3 is 0 Å². The Labute approximate surface area is 77.6 Å². The lowest BCUT2D eigenvalue weighted by Gasteiger charge is -1.97. The number of hydrogen-bond acceptors (Lipinski definition) is 3. The van der Waals surface area contributed by atoms with Gasteiger partial charge in [-0.1, -0.05) is 12.6 Å². The molecule has 0 radical (unpaired) electrons. The Morgan fingerprint density at radius 1 is 1.46 bits per heavy atom. The van der Waals surface area contributed by atoms with E-state index in [9.17, 15) is 9.59 Å². The van der Waals surface area contributed by atoms with E-state index < -0.39 is 0 Å². The highest BCUT2D eigenvalue weighted by Crippen LogP contribution is 2.01. The molecule has 0 saturated carbocycles. The molecule has 0 saturated heterocycles. The molecule has 3 nitrogen and oxygen atoms in total. The van der Waals surface area contributed by atoms with Crippen molar-refractivity contribution in [3.8, 4) is 0 Å². The topological polar surface area (TPSA) is 47.0 Å². The number of rotatable bonds is 3. The van der Waals surface area contributed by atoms with Crippen LogP contribution in [0.3, 0.4) is 0 Å². The molecule has 1 heterocycles. The normalized spacial score (nSPS) is 9.31. The van der Waals surface area contributed by atoms with Crippen LogP contribution < -0.4 is 0 Å². The van der Waals surface area contributed by atoms with Crippen LogP contribution in [0.2, 0.25) is 0 Å². The van der Waals surface area contributed by atoms with Crippen molar-refractivity contribution in [2.45, 2.75) is 6.92 Å². The molecule has 1 aromatic rings. The van der Waals surface area contributed by atoms with E-state index in [2.05, 4.69) is 11.6 Å². The first-order chi connectivity index (χ1) is 6.15. The van der Waals surface area contributed by atoms with Crippen molar-refractivity contribution < 1.29 is 11.0 Å². The van der Waals surface area contributed by atoms with Gasteiger partial charge in [0.05, 0.1) is 0 Å². The third kappa shape index (κ3) is 2.08. The van der Waals surface area contributed by atoms with Crippen molar-refractivity contribution in [3.05, 3.63) is 42.2 Å². The third-order valence-electron chi connectivity index (χ3n) is 1.55. The van der Waals surface area contributed by atoms with Crippen molar-refractivity contribution >= 4 is 11.6 Å². The van der Waals surface area contributed by atoms with Crippen LogP contribution in [0.25, 0.3) is 0 Å². The summed E-state index contributed by atoms with van der Waals surface area (Å²) in [5.41, 5.74) is 0.551. The van der Waals surface area contributed by atoms with Crippen molar-refractivity contribution in [2.24, 2.45) is 0 Å². The lowest BCUT2D eigenvalue weighted by atomic mass is 10.2. The van der Waals surface area contributed by atoms with E-state index in [4.69, 9.17) is 0 Å². The molecule has 1 rings (SSSR count). The maximum atomic E-state index is 11.1. The molecule has 3 heteroatoms. The van der Waals surface area contributed by atoms with E-state index in [0.717, 1.165) is 0 Å². The number of pyridine rings is 1. The summed E-state index contributed by atoms with van der Waals surface area (Å²) in [4.78, 5) is 25.9. The predicted octanol–water partition coefficient (Wildman–Crippen LogP) is 1.90. The second-order valence-corrected chi connectivity index (χ2v) is 2.53. The van der Waals surface area contributed by atoms with E-state index in [1.165, 1.54) is 13.0 Å². The summed E-state index contributed by atoms with van der Waals surface area (Å²) < 4.78 is 0. The van der Waals surface area contributed by atoms with Gasteiger partial charge in [0.15, 0.2) is 5.78 Å². The number of aromatic nitrogens is 1. The third-order valence-corrected chi connectivity index (χ3v) is 1.55. The number of Topliss-reactive ketones (excluding diaryl/α,β-unsaturated/α-hetero) is 1. The molecule has 0 aromatic carbocycles. The van der Waals surface area contributed by atoms with Crippen LogP contribution in [-0.4, -0.2) is 16.6 Å². The quantitative estimate of drug-likeness (QED) is 0.523. The van der Waals surface area contributed by atoms with Crippen molar-refractivity contribution in [2.75, 3.05) is 0 Å². The zero-order valence-electron chi connectivity index (χ0n) is 7.28. The number of carbonyl (C=O) groups is 2. The lowest BCUT2D eigenvalue weighted by molar-refractivity contribution is 0.101. The maximum Gasteiger partial charge on any atom is 0.203 e. The summed E-state index contributed by atoms with van der Waals surface area (Å²) in [5.74, 6) is -0.429. The molecule has 0 aliphatic heterocycles. The molecular weight excluding hydrogens is 166 g/mol. The van der Waals surface area contributed by atoms with Crippen molar-refractivity contribution in [3.63, 3.8) is 0 Å². The zero-order chi connectivity index (χ0) is 9.84. The molecule has 0 atom stereocenters. The predicted molar refractivity (Wildman–Crippen MR) is 50.9 cm³/mol. The first-order valence-corrected chi connectivity index (χ1v) is 3.80. The van der Waals surface area contributed by atoms with Crippen LogP contribution >= 0.6 is 0 Å². The molecule has 0 spiro atoms. The van der Waals surface area contributed by atoms with Crippen LogP contribution in [0.5, 0.6) is 0 Å². The van der Waals surface area contributed by atoms with Crippen LogP contribution in [0.1, 0.15) is 29.3 Å². The van der Waals surface area contributed by atoms with Crippen LogP contribution in [0.4, 0.5) is 0 Å². The Bertz CT molecular complexity index is 374. The highest BCUT2D eigenvalue weighted by atomic mass is 16.1. The first-order valence-electron chi connectivity index (χ1n) is 3.80. The van der Waals surface area contributed by atoms with Gasteiger partial charge in [0, 0.05) is 8.35 Å². The molecule has 0 fully saturated rings. The minimum Gasteiger partial charge on any atom is -0.293 e. The highest BCUT2D eigenvalue weighted by Gasteiger charge is 2.05. The molecule has 1 aromatic heterocycles. The average molecular weight is 177 g/mol. The number of carbonyl (C=O) groups excluding carboxylic acids is 2. The van der Waals surface area contributed by atoms with Gasteiger partial charge in [0.2, 0.25) is 5.78 Å². The number of allylic oxidation sites excluding steroid dienone is 1. The largest absolute Gasteiger partial charge is 0.293 e. The molecule has 13 heavy (non-hydrogen) atoms. The zero-order valence-corrected chi connectivity index (χ0v) is 7.28. The summed E-state index contributed by atoms with van der Waals surface area (Å²) in [6.07, 6.45) is 1.17. The molecule has 0 bridgehead atoms. The fourth-order valence-electron chi connectivity index (χ4n) is 0.873.